The lowest BCUT2D eigenvalue weighted by Gasteiger charge is -2.42. The molecule has 0 radical (unpaired) electrons. The molecule has 1 aliphatic heterocycles. The number of carboxylic acids is 1. The summed E-state index contributed by atoms with van der Waals surface area (Å²) in [5.74, 6) is -0.209. The molecule has 224 valence electrons. The van der Waals surface area contributed by atoms with Crippen LogP contribution in [0.5, 0.6) is 5.75 Å². The van der Waals surface area contributed by atoms with Gasteiger partial charge in [0.05, 0.1) is 23.1 Å². The van der Waals surface area contributed by atoms with Crippen LogP contribution in [0.1, 0.15) is 67.4 Å². The van der Waals surface area contributed by atoms with Crippen molar-refractivity contribution >= 4 is 33.3 Å². The number of nitrogens with zero attached hydrogens (tertiary/aromatic N) is 1. The number of aliphatic hydroxyl groups excluding tert-OH is 1. The van der Waals surface area contributed by atoms with Gasteiger partial charge in [0.15, 0.2) is 0 Å². The third-order valence-corrected chi connectivity index (χ3v) is 9.61. The Kier molecular flexibility index (Phi) is 10.1. The number of sulfonamides is 1. The van der Waals surface area contributed by atoms with E-state index in [4.69, 9.17) is 21.5 Å². The molecule has 1 heterocycles. The van der Waals surface area contributed by atoms with E-state index in [0.717, 1.165) is 55.5 Å². The van der Waals surface area contributed by atoms with E-state index in [2.05, 4.69) is 4.90 Å². The van der Waals surface area contributed by atoms with Crippen LogP contribution in [-0.4, -0.2) is 49.5 Å². The van der Waals surface area contributed by atoms with Crippen molar-refractivity contribution in [3.63, 3.8) is 0 Å². The summed E-state index contributed by atoms with van der Waals surface area (Å²) in [5.41, 5.74) is 2.66. The third kappa shape index (κ3) is 8.70. The largest absolute Gasteiger partial charge is 0.487 e. The first-order valence-electron chi connectivity index (χ1n) is 14.2. The summed E-state index contributed by atoms with van der Waals surface area (Å²) in [4.78, 5) is 14.1. The van der Waals surface area contributed by atoms with Crippen LogP contribution >= 0.6 is 11.6 Å². The van der Waals surface area contributed by atoms with Gasteiger partial charge >= 0.3 is 5.97 Å². The molecule has 1 aliphatic carbocycles. The number of carbonyl (C=O) groups is 1. The van der Waals surface area contributed by atoms with Crippen molar-refractivity contribution in [2.45, 2.75) is 65.1 Å². The molecule has 0 aromatic heterocycles. The number of halogens is 1. The van der Waals surface area contributed by atoms with Crippen LogP contribution < -0.4 is 14.8 Å². The topological polar surface area (TPSA) is 130 Å². The Morgan fingerprint density at radius 1 is 1.20 bits per heavy atom. The number of aryl methyl sites for hydroxylation is 1. The number of hydrogen-bond donors (Lipinski definition) is 3. The number of benzene rings is 2. The van der Waals surface area contributed by atoms with Crippen LogP contribution in [0.2, 0.25) is 5.02 Å². The molecule has 8 nitrogen and oxygen atoms in total. The summed E-state index contributed by atoms with van der Waals surface area (Å²) in [7, 11) is -3.59. The molecule has 0 spiro atoms. The van der Waals surface area contributed by atoms with Crippen molar-refractivity contribution in [3.05, 3.63) is 70.3 Å². The van der Waals surface area contributed by atoms with Crippen LogP contribution in [0.4, 0.5) is 5.69 Å². The maximum Gasteiger partial charge on any atom is 0.335 e. The smallest absolute Gasteiger partial charge is 0.335 e. The van der Waals surface area contributed by atoms with Gasteiger partial charge in [0.25, 0.3) is 0 Å². The van der Waals surface area contributed by atoms with Gasteiger partial charge in [-0.2, -0.15) is 0 Å². The Labute approximate surface area is 248 Å². The Balaban J connectivity index is 1.51. The zero-order chi connectivity index (χ0) is 29.8. The predicted molar refractivity (Wildman–Crippen MR) is 162 cm³/mol. The van der Waals surface area contributed by atoms with Gasteiger partial charge in [-0.15, -0.1) is 0 Å². The summed E-state index contributed by atoms with van der Waals surface area (Å²) in [6, 6.07) is 10.8. The zero-order valence-corrected chi connectivity index (χ0v) is 25.3. The summed E-state index contributed by atoms with van der Waals surface area (Å²) in [6.07, 6.45) is 8.04. The SMILES string of the molecule is CC(C)(C/C=C/C(O)[C@@H]1CC[C@H]1CN1CCCCc2cc(Cl)ccc2COc2ccc(C(=O)O)cc21)CS(N)(=O)=O. The van der Waals surface area contributed by atoms with E-state index in [1.165, 1.54) is 0 Å². The molecule has 0 amide bonds. The minimum Gasteiger partial charge on any atom is -0.487 e. The van der Waals surface area contributed by atoms with Crippen LogP contribution in [0.15, 0.2) is 48.6 Å². The molecular weight excluding hydrogens is 564 g/mol. The fourth-order valence-corrected chi connectivity index (χ4v) is 7.30. The van der Waals surface area contributed by atoms with E-state index in [9.17, 15) is 23.4 Å². The normalized spacial score (nSPS) is 20.8. The number of hydrogen-bond acceptors (Lipinski definition) is 6. The number of aliphatic hydroxyl groups is 1. The van der Waals surface area contributed by atoms with Gasteiger partial charge in [-0.3, -0.25) is 0 Å². The lowest BCUT2D eigenvalue weighted by Crippen LogP contribution is -2.43. The average Bonchev–Trinajstić information content (AvgIpc) is 2.88. The van der Waals surface area contributed by atoms with Crippen LogP contribution in [0, 0.1) is 17.3 Å². The van der Waals surface area contributed by atoms with Crippen molar-refractivity contribution in [1.82, 2.24) is 0 Å². The van der Waals surface area contributed by atoms with Gasteiger partial charge in [-0.05, 0) is 97.2 Å². The molecule has 4 rings (SSSR count). The van der Waals surface area contributed by atoms with E-state index in [0.29, 0.717) is 30.3 Å². The fourth-order valence-electron chi connectivity index (χ4n) is 5.90. The Morgan fingerprint density at radius 2 is 1.98 bits per heavy atom. The number of aromatic carboxylic acids is 1. The summed E-state index contributed by atoms with van der Waals surface area (Å²) < 4.78 is 29.3. The Hall–Kier alpha value is -2.59. The standard InChI is InChI=1S/C31H41ClN2O6S/c1-31(2,20-41(33,38)39)14-5-7-28(35)26-12-9-23(26)18-34-15-4-3-6-21-16-25(32)11-8-24(21)19-40-29-13-10-22(30(36)37)17-27(29)34/h5,7-8,10-11,13,16-17,23,26,28,35H,3-4,6,9,12,14-15,18-20H2,1-2H3,(H,36,37)(H2,33,38,39)/b7-5+/t23-,26+,28?/m0/s1. The van der Waals surface area contributed by atoms with E-state index in [1.807, 2.05) is 38.1 Å². The van der Waals surface area contributed by atoms with Gasteiger partial charge in [0, 0.05) is 18.1 Å². The molecule has 41 heavy (non-hydrogen) atoms. The van der Waals surface area contributed by atoms with E-state index >= 15 is 0 Å². The van der Waals surface area contributed by atoms with Crippen molar-refractivity contribution in [2.24, 2.45) is 22.4 Å². The quantitative estimate of drug-likeness (QED) is 0.326. The van der Waals surface area contributed by atoms with Crippen LogP contribution in [0.25, 0.3) is 0 Å². The van der Waals surface area contributed by atoms with E-state index in [1.54, 1.807) is 24.3 Å². The first-order chi connectivity index (χ1) is 19.3. The number of ether oxygens (including phenoxy) is 1. The third-order valence-electron chi connectivity index (χ3n) is 8.19. The van der Waals surface area contributed by atoms with Crippen molar-refractivity contribution in [3.8, 4) is 5.75 Å². The molecule has 1 unspecified atom stereocenters. The highest BCUT2D eigenvalue weighted by atomic mass is 35.5. The predicted octanol–water partition coefficient (Wildman–Crippen LogP) is 5.41. The lowest BCUT2D eigenvalue weighted by molar-refractivity contribution is 0.0460. The molecule has 0 bridgehead atoms. The summed E-state index contributed by atoms with van der Waals surface area (Å²) in [5, 5.41) is 26.6. The second kappa shape index (κ2) is 13.2. The van der Waals surface area contributed by atoms with Gasteiger partial charge in [0.2, 0.25) is 10.0 Å². The molecule has 10 heteroatoms. The van der Waals surface area contributed by atoms with E-state index < -0.39 is 27.5 Å². The number of anilines is 1. The van der Waals surface area contributed by atoms with Crippen molar-refractivity contribution < 1.29 is 28.2 Å². The van der Waals surface area contributed by atoms with Crippen molar-refractivity contribution in [1.29, 1.82) is 0 Å². The first-order valence-corrected chi connectivity index (χ1v) is 16.3. The lowest BCUT2D eigenvalue weighted by atomic mass is 9.70. The highest BCUT2D eigenvalue weighted by Crippen LogP contribution is 2.41. The second-order valence-corrected chi connectivity index (χ2v) is 14.2. The second-order valence-electron chi connectivity index (χ2n) is 12.2. The van der Waals surface area contributed by atoms with Crippen LogP contribution in [0.3, 0.4) is 0 Å². The molecule has 2 aromatic carbocycles. The number of carboxylic acid groups (broad SMARTS) is 1. The molecule has 2 aromatic rings. The molecule has 1 saturated carbocycles. The van der Waals surface area contributed by atoms with Crippen molar-refractivity contribution in [2.75, 3.05) is 23.7 Å². The Bertz CT molecular complexity index is 1380. The fraction of sp³-hybridized carbons (Fsp3) is 0.516. The molecule has 0 saturated heterocycles. The average molecular weight is 605 g/mol. The van der Waals surface area contributed by atoms with E-state index in [-0.39, 0.29) is 23.2 Å². The number of primary sulfonamides is 1. The number of rotatable bonds is 9. The summed E-state index contributed by atoms with van der Waals surface area (Å²) in [6.45, 7) is 5.44. The van der Waals surface area contributed by atoms with Gasteiger partial charge < -0.3 is 19.8 Å². The van der Waals surface area contributed by atoms with Crippen LogP contribution in [-0.2, 0) is 23.1 Å². The number of nitrogens with two attached hydrogens (primary N) is 1. The van der Waals surface area contributed by atoms with Gasteiger partial charge in [-0.25, -0.2) is 18.4 Å². The first kappa shape index (κ1) is 31.3. The summed E-state index contributed by atoms with van der Waals surface area (Å²) >= 11 is 6.27. The molecule has 1 fully saturated rings. The minimum atomic E-state index is -3.59. The number of allylic oxidation sites excluding steroid dienone is 1. The minimum absolute atomic E-state index is 0.0595. The number of fused-ring (bicyclic) bond motifs is 2. The molecule has 4 N–H and O–H groups in total. The molecule has 2 aliphatic rings. The van der Waals surface area contributed by atoms with Gasteiger partial charge in [0.1, 0.15) is 12.4 Å². The maximum atomic E-state index is 11.8. The monoisotopic (exact) mass is 604 g/mol. The highest BCUT2D eigenvalue weighted by Gasteiger charge is 2.37. The molecule has 3 atom stereocenters. The maximum absolute atomic E-state index is 11.8. The van der Waals surface area contributed by atoms with Gasteiger partial charge in [-0.1, -0.05) is 43.7 Å². The molecular formula is C31H41ClN2O6S. The Morgan fingerprint density at radius 3 is 2.66 bits per heavy atom. The highest BCUT2D eigenvalue weighted by molar-refractivity contribution is 7.89. The zero-order valence-electron chi connectivity index (χ0n) is 23.8.